The van der Waals surface area contributed by atoms with E-state index in [1.807, 2.05) is 6.92 Å². The molecule has 1 fully saturated rings. The Balaban J connectivity index is 2.89. The second-order valence-electron chi connectivity index (χ2n) is 4.68. The molecule has 0 radical (unpaired) electrons. The van der Waals surface area contributed by atoms with E-state index in [2.05, 4.69) is 0 Å². The number of aliphatic carboxylic acids is 1. The highest BCUT2D eigenvalue weighted by Gasteiger charge is 2.40. The van der Waals surface area contributed by atoms with Crippen LogP contribution < -0.4 is 0 Å². The van der Waals surface area contributed by atoms with E-state index in [1.54, 1.807) is 6.92 Å². The molecule has 6 heteroatoms. The Morgan fingerprint density at radius 2 is 2.12 bits per heavy atom. The third-order valence-electron chi connectivity index (χ3n) is 3.25. The number of carboxylic acid groups (broad SMARTS) is 1. The average molecular weight is 263 g/mol. The zero-order chi connectivity index (χ0) is 13.1. The van der Waals surface area contributed by atoms with Gasteiger partial charge in [0, 0.05) is 6.54 Å². The summed E-state index contributed by atoms with van der Waals surface area (Å²) in [5.41, 5.74) is 0. The number of rotatable bonds is 5. The van der Waals surface area contributed by atoms with E-state index in [1.165, 1.54) is 4.31 Å². The SMILES string of the molecule is CCCCS(=O)(=O)N1CCCC(C)C1C(=O)O. The fraction of sp³-hybridized carbons (Fsp3) is 0.909. The molecule has 0 bridgehead atoms. The van der Waals surface area contributed by atoms with Crippen molar-refractivity contribution in [2.45, 2.75) is 45.6 Å². The number of carbonyl (C=O) groups is 1. The fourth-order valence-electron chi connectivity index (χ4n) is 2.27. The Morgan fingerprint density at radius 3 is 2.65 bits per heavy atom. The van der Waals surface area contributed by atoms with E-state index in [4.69, 9.17) is 5.11 Å². The topological polar surface area (TPSA) is 74.7 Å². The molecule has 0 spiro atoms. The van der Waals surface area contributed by atoms with E-state index in [-0.39, 0.29) is 11.7 Å². The van der Waals surface area contributed by atoms with Crippen molar-refractivity contribution in [2.24, 2.45) is 5.92 Å². The monoisotopic (exact) mass is 263 g/mol. The van der Waals surface area contributed by atoms with Crippen molar-refractivity contribution in [1.82, 2.24) is 4.31 Å². The molecule has 1 saturated heterocycles. The van der Waals surface area contributed by atoms with Crippen molar-refractivity contribution in [3.05, 3.63) is 0 Å². The highest BCUT2D eigenvalue weighted by molar-refractivity contribution is 7.89. The zero-order valence-corrected chi connectivity index (χ0v) is 11.2. The Kier molecular flexibility index (Phi) is 4.94. The lowest BCUT2D eigenvalue weighted by atomic mass is 9.93. The molecule has 100 valence electrons. The van der Waals surface area contributed by atoms with Gasteiger partial charge in [0.05, 0.1) is 5.75 Å². The number of hydrogen-bond donors (Lipinski definition) is 1. The Labute approximate surface area is 103 Å². The molecule has 0 saturated carbocycles. The first-order chi connectivity index (χ1) is 7.90. The van der Waals surface area contributed by atoms with Crippen LogP contribution in [0.3, 0.4) is 0 Å². The molecule has 2 atom stereocenters. The number of nitrogens with zero attached hydrogens (tertiary/aromatic N) is 1. The molecule has 0 aromatic carbocycles. The lowest BCUT2D eigenvalue weighted by molar-refractivity contribution is -0.144. The zero-order valence-electron chi connectivity index (χ0n) is 10.4. The van der Waals surface area contributed by atoms with Crippen molar-refractivity contribution >= 4 is 16.0 Å². The highest BCUT2D eigenvalue weighted by atomic mass is 32.2. The minimum absolute atomic E-state index is 0.0556. The van der Waals surface area contributed by atoms with Crippen LogP contribution in [-0.2, 0) is 14.8 Å². The quantitative estimate of drug-likeness (QED) is 0.811. The summed E-state index contributed by atoms with van der Waals surface area (Å²) in [6.45, 7) is 4.07. The average Bonchev–Trinajstić information content (AvgIpc) is 2.25. The molecule has 0 aromatic heterocycles. The first-order valence-electron chi connectivity index (χ1n) is 6.12. The second-order valence-corrected chi connectivity index (χ2v) is 6.72. The summed E-state index contributed by atoms with van der Waals surface area (Å²) in [5, 5.41) is 9.16. The van der Waals surface area contributed by atoms with Gasteiger partial charge in [-0.3, -0.25) is 4.79 Å². The van der Waals surface area contributed by atoms with Crippen LogP contribution in [0.2, 0.25) is 0 Å². The Hall–Kier alpha value is -0.620. The van der Waals surface area contributed by atoms with Gasteiger partial charge in [-0.25, -0.2) is 8.42 Å². The molecule has 1 N–H and O–H groups in total. The fourth-order valence-corrected chi connectivity index (χ4v) is 4.21. The van der Waals surface area contributed by atoms with Crippen LogP contribution in [0.25, 0.3) is 0 Å². The first-order valence-corrected chi connectivity index (χ1v) is 7.73. The maximum atomic E-state index is 12.1. The minimum atomic E-state index is -3.42. The van der Waals surface area contributed by atoms with E-state index in [9.17, 15) is 13.2 Å². The molecule has 5 nitrogen and oxygen atoms in total. The summed E-state index contributed by atoms with van der Waals surface area (Å²) in [7, 11) is -3.42. The van der Waals surface area contributed by atoms with Gasteiger partial charge < -0.3 is 5.11 Å². The van der Waals surface area contributed by atoms with E-state index >= 15 is 0 Å². The molecule has 1 aliphatic heterocycles. The van der Waals surface area contributed by atoms with E-state index in [0.717, 1.165) is 19.3 Å². The summed E-state index contributed by atoms with van der Waals surface area (Å²) in [5.74, 6) is -1.09. The summed E-state index contributed by atoms with van der Waals surface area (Å²) >= 11 is 0. The second kappa shape index (κ2) is 5.82. The van der Waals surface area contributed by atoms with Gasteiger partial charge in [-0.15, -0.1) is 0 Å². The summed E-state index contributed by atoms with van der Waals surface area (Å²) < 4.78 is 25.3. The molecule has 0 aliphatic carbocycles. The predicted molar refractivity (Wildman–Crippen MR) is 65.2 cm³/mol. The van der Waals surface area contributed by atoms with Gasteiger partial charge in [-0.05, 0) is 25.2 Å². The molecular formula is C11H21NO4S. The molecule has 1 rings (SSSR count). The summed E-state index contributed by atoms with van der Waals surface area (Å²) in [6, 6.07) is -0.884. The van der Waals surface area contributed by atoms with E-state index in [0.29, 0.717) is 13.0 Å². The first kappa shape index (κ1) is 14.4. The van der Waals surface area contributed by atoms with Crippen molar-refractivity contribution < 1.29 is 18.3 Å². The summed E-state index contributed by atoms with van der Waals surface area (Å²) in [4.78, 5) is 11.2. The lowest BCUT2D eigenvalue weighted by Gasteiger charge is -2.36. The van der Waals surface area contributed by atoms with Crippen LogP contribution in [0.1, 0.15) is 39.5 Å². The van der Waals surface area contributed by atoms with Gasteiger partial charge in [-0.2, -0.15) is 4.31 Å². The van der Waals surface area contributed by atoms with Gasteiger partial charge in [0.15, 0.2) is 0 Å². The van der Waals surface area contributed by atoms with Crippen molar-refractivity contribution in [3.63, 3.8) is 0 Å². The third-order valence-corrected chi connectivity index (χ3v) is 5.18. The van der Waals surface area contributed by atoms with Gasteiger partial charge in [0.2, 0.25) is 10.0 Å². The molecule has 1 aliphatic rings. The van der Waals surface area contributed by atoms with Crippen molar-refractivity contribution in [3.8, 4) is 0 Å². The normalized spacial score (nSPS) is 26.9. The predicted octanol–water partition coefficient (Wildman–Crippen LogP) is 1.30. The lowest BCUT2D eigenvalue weighted by Crippen LogP contribution is -2.52. The van der Waals surface area contributed by atoms with Crippen molar-refractivity contribution in [1.29, 1.82) is 0 Å². The Morgan fingerprint density at radius 1 is 1.47 bits per heavy atom. The summed E-state index contributed by atoms with van der Waals surface area (Å²) in [6.07, 6.45) is 2.90. The van der Waals surface area contributed by atoms with Crippen LogP contribution in [-0.4, -0.2) is 42.1 Å². The van der Waals surface area contributed by atoms with Crippen LogP contribution in [0.15, 0.2) is 0 Å². The number of hydrogen-bond acceptors (Lipinski definition) is 3. The van der Waals surface area contributed by atoms with Crippen LogP contribution in [0.4, 0.5) is 0 Å². The van der Waals surface area contributed by atoms with Gasteiger partial charge in [0.25, 0.3) is 0 Å². The highest BCUT2D eigenvalue weighted by Crippen LogP contribution is 2.26. The molecule has 17 heavy (non-hydrogen) atoms. The smallest absolute Gasteiger partial charge is 0.322 e. The molecule has 2 unspecified atom stereocenters. The van der Waals surface area contributed by atoms with Crippen LogP contribution >= 0.6 is 0 Å². The molecule has 1 heterocycles. The van der Waals surface area contributed by atoms with E-state index < -0.39 is 22.0 Å². The van der Waals surface area contributed by atoms with Gasteiger partial charge >= 0.3 is 5.97 Å². The van der Waals surface area contributed by atoms with Crippen LogP contribution in [0, 0.1) is 5.92 Å². The molecule has 0 amide bonds. The molecule has 0 aromatic rings. The number of unbranched alkanes of at least 4 members (excludes halogenated alkanes) is 1. The van der Waals surface area contributed by atoms with Crippen molar-refractivity contribution in [2.75, 3.05) is 12.3 Å². The maximum Gasteiger partial charge on any atom is 0.322 e. The maximum absolute atomic E-state index is 12.1. The number of sulfonamides is 1. The largest absolute Gasteiger partial charge is 0.480 e. The minimum Gasteiger partial charge on any atom is -0.480 e. The molecular weight excluding hydrogens is 242 g/mol. The standard InChI is InChI=1S/C11H21NO4S/c1-3-4-8-17(15,16)12-7-5-6-9(2)10(12)11(13)14/h9-10H,3-8H2,1-2H3,(H,13,14). The van der Waals surface area contributed by atoms with Crippen LogP contribution in [0.5, 0.6) is 0 Å². The van der Waals surface area contributed by atoms with Gasteiger partial charge in [-0.1, -0.05) is 20.3 Å². The third kappa shape index (κ3) is 3.42. The Bertz CT molecular complexity index is 366. The van der Waals surface area contributed by atoms with Gasteiger partial charge in [0.1, 0.15) is 6.04 Å². The number of carboxylic acids is 1. The number of piperidine rings is 1.